The Morgan fingerprint density at radius 3 is 2.31 bits per heavy atom. The molecule has 0 saturated carbocycles. The number of esters is 1. The molecule has 146 valence electrons. The van der Waals surface area contributed by atoms with Gasteiger partial charge >= 0.3 is 5.97 Å². The van der Waals surface area contributed by atoms with Gasteiger partial charge in [0.25, 0.3) is 23.4 Å². The number of nitro groups is 1. The van der Waals surface area contributed by atoms with Crippen LogP contribution >= 0.6 is 0 Å². The van der Waals surface area contributed by atoms with E-state index in [-0.39, 0.29) is 16.9 Å². The van der Waals surface area contributed by atoms with Crippen LogP contribution in [0.2, 0.25) is 0 Å². The van der Waals surface area contributed by atoms with E-state index < -0.39 is 35.2 Å². The van der Waals surface area contributed by atoms with E-state index in [1.807, 2.05) is 0 Å². The summed E-state index contributed by atoms with van der Waals surface area (Å²) in [7, 11) is 0. The lowest BCUT2D eigenvalue weighted by molar-refractivity contribution is -0.384. The summed E-state index contributed by atoms with van der Waals surface area (Å²) in [5.41, 5.74) is 0.435. The standard InChI is InChI=1S/C19H13N3O7/c23-16(20-13-4-6-14(7-5-13)22(27)28)11-29-19(26)12-2-1-3-15(10-12)21-17(24)8-9-18(21)25/h1-10H,11H2,(H,20,23). The second-order valence-electron chi connectivity index (χ2n) is 5.82. The first kappa shape index (κ1) is 19.4. The lowest BCUT2D eigenvalue weighted by Crippen LogP contribution is -2.29. The summed E-state index contributed by atoms with van der Waals surface area (Å²) >= 11 is 0. The second kappa shape index (κ2) is 8.13. The highest BCUT2D eigenvalue weighted by Crippen LogP contribution is 2.21. The number of imide groups is 1. The Bertz CT molecular complexity index is 1030. The molecule has 0 bridgehead atoms. The molecule has 29 heavy (non-hydrogen) atoms. The zero-order valence-electron chi connectivity index (χ0n) is 14.7. The minimum absolute atomic E-state index is 0.0538. The van der Waals surface area contributed by atoms with Crippen LogP contribution in [0.1, 0.15) is 10.4 Å². The summed E-state index contributed by atoms with van der Waals surface area (Å²) in [5, 5.41) is 13.0. The van der Waals surface area contributed by atoms with Crippen molar-refractivity contribution in [1.29, 1.82) is 0 Å². The van der Waals surface area contributed by atoms with Crippen LogP contribution in [0.25, 0.3) is 0 Å². The maximum absolute atomic E-state index is 12.2. The van der Waals surface area contributed by atoms with Crippen molar-refractivity contribution in [2.45, 2.75) is 0 Å². The molecule has 1 aliphatic heterocycles. The third-order valence-corrected chi connectivity index (χ3v) is 3.85. The van der Waals surface area contributed by atoms with E-state index >= 15 is 0 Å². The number of carbonyl (C=O) groups is 4. The Morgan fingerprint density at radius 1 is 1.03 bits per heavy atom. The normalized spacial score (nSPS) is 12.8. The summed E-state index contributed by atoms with van der Waals surface area (Å²) in [5.74, 6) is -2.51. The van der Waals surface area contributed by atoms with Crippen molar-refractivity contribution >= 4 is 40.8 Å². The number of anilines is 2. The smallest absolute Gasteiger partial charge is 0.338 e. The number of carbonyl (C=O) groups excluding carboxylic acids is 4. The third kappa shape index (κ3) is 4.50. The van der Waals surface area contributed by atoms with Crippen LogP contribution in [-0.4, -0.2) is 35.2 Å². The van der Waals surface area contributed by atoms with Crippen molar-refractivity contribution in [3.63, 3.8) is 0 Å². The molecule has 0 saturated heterocycles. The number of rotatable bonds is 6. The maximum atomic E-state index is 12.2. The van der Waals surface area contributed by atoms with Crippen molar-refractivity contribution in [2.24, 2.45) is 0 Å². The lowest BCUT2D eigenvalue weighted by atomic mass is 10.2. The molecule has 0 aliphatic carbocycles. The predicted octanol–water partition coefficient (Wildman–Crippen LogP) is 1.82. The van der Waals surface area contributed by atoms with E-state index in [4.69, 9.17) is 4.74 Å². The van der Waals surface area contributed by atoms with Crippen molar-refractivity contribution < 1.29 is 28.8 Å². The summed E-state index contributed by atoms with van der Waals surface area (Å²) < 4.78 is 4.93. The number of hydrogen-bond acceptors (Lipinski definition) is 7. The number of amides is 3. The fourth-order valence-corrected chi connectivity index (χ4v) is 2.50. The van der Waals surface area contributed by atoms with Gasteiger partial charge in [-0.25, -0.2) is 9.69 Å². The van der Waals surface area contributed by atoms with Crippen molar-refractivity contribution in [3.05, 3.63) is 76.4 Å². The molecule has 10 nitrogen and oxygen atoms in total. The third-order valence-electron chi connectivity index (χ3n) is 3.85. The molecule has 1 aliphatic rings. The van der Waals surface area contributed by atoms with E-state index in [1.54, 1.807) is 0 Å². The molecule has 0 unspecified atom stereocenters. The van der Waals surface area contributed by atoms with E-state index in [2.05, 4.69) is 5.32 Å². The Kier molecular flexibility index (Phi) is 5.44. The van der Waals surface area contributed by atoms with Gasteiger partial charge < -0.3 is 10.1 Å². The molecule has 0 spiro atoms. The molecule has 10 heteroatoms. The molecule has 0 atom stereocenters. The predicted molar refractivity (Wildman–Crippen MR) is 100 cm³/mol. The largest absolute Gasteiger partial charge is 0.452 e. The SMILES string of the molecule is O=C(COC(=O)c1cccc(N2C(=O)C=CC2=O)c1)Nc1ccc([N+](=O)[O-])cc1. The van der Waals surface area contributed by atoms with Gasteiger partial charge in [0.15, 0.2) is 6.61 Å². The first-order chi connectivity index (χ1) is 13.8. The molecule has 1 N–H and O–H groups in total. The van der Waals surface area contributed by atoms with Crippen LogP contribution in [0, 0.1) is 10.1 Å². The molecule has 0 aromatic heterocycles. The number of ether oxygens (including phenoxy) is 1. The van der Waals surface area contributed by atoms with Gasteiger partial charge in [0.2, 0.25) is 0 Å². The number of nitrogens with zero attached hydrogens (tertiary/aromatic N) is 2. The Balaban J connectivity index is 1.58. The second-order valence-corrected chi connectivity index (χ2v) is 5.82. The van der Waals surface area contributed by atoms with Crippen LogP contribution in [0.5, 0.6) is 0 Å². The average Bonchev–Trinajstić information content (AvgIpc) is 3.04. The van der Waals surface area contributed by atoms with E-state index in [9.17, 15) is 29.3 Å². The number of non-ortho nitro benzene ring substituents is 1. The minimum Gasteiger partial charge on any atom is -0.452 e. The van der Waals surface area contributed by atoms with Crippen molar-refractivity contribution in [2.75, 3.05) is 16.8 Å². The van der Waals surface area contributed by atoms with Gasteiger partial charge in [-0.15, -0.1) is 0 Å². The summed E-state index contributed by atoms with van der Waals surface area (Å²) in [4.78, 5) is 58.5. The topological polar surface area (TPSA) is 136 Å². The maximum Gasteiger partial charge on any atom is 0.338 e. The van der Waals surface area contributed by atoms with Gasteiger partial charge in [0.1, 0.15) is 0 Å². The highest BCUT2D eigenvalue weighted by Gasteiger charge is 2.25. The molecule has 2 aromatic rings. The molecule has 3 rings (SSSR count). The zero-order chi connectivity index (χ0) is 21.0. The minimum atomic E-state index is -0.822. The van der Waals surface area contributed by atoms with Gasteiger partial charge in [-0.3, -0.25) is 24.5 Å². The Hall–Kier alpha value is -4.34. The summed E-state index contributed by atoms with van der Waals surface area (Å²) in [6.07, 6.45) is 2.24. The van der Waals surface area contributed by atoms with Crippen LogP contribution in [0.3, 0.4) is 0 Å². The Labute approximate surface area is 163 Å². The molecule has 1 heterocycles. The van der Waals surface area contributed by atoms with Crippen LogP contribution < -0.4 is 10.2 Å². The molecule has 3 amide bonds. The fourth-order valence-electron chi connectivity index (χ4n) is 2.50. The van der Waals surface area contributed by atoms with E-state index in [0.29, 0.717) is 5.69 Å². The van der Waals surface area contributed by atoms with Gasteiger partial charge in [-0.1, -0.05) is 6.07 Å². The number of hydrogen-bond donors (Lipinski definition) is 1. The van der Waals surface area contributed by atoms with Crippen molar-refractivity contribution in [3.8, 4) is 0 Å². The highest BCUT2D eigenvalue weighted by molar-refractivity contribution is 6.28. The van der Waals surface area contributed by atoms with Gasteiger partial charge in [-0.2, -0.15) is 0 Å². The van der Waals surface area contributed by atoms with Crippen LogP contribution in [-0.2, 0) is 19.1 Å². The van der Waals surface area contributed by atoms with Crippen molar-refractivity contribution in [1.82, 2.24) is 0 Å². The number of nitrogens with one attached hydrogen (secondary N) is 1. The number of nitro benzene ring substituents is 1. The summed E-state index contributed by atoms with van der Waals surface area (Å²) in [6.45, 7) is -0.594. The molecular weight excluding hydrogens is 382 g/mol. The average molecular weight is 395 g/mol. The monoisotopic (exact) mass is 395 g/mol. The van der Waals surface area contributed by atoms with E-state index in [0.717, 1.165) is 17.1 Å². The van der Waals surface area contributed by atoms with Crippen LogP contribution in [0.15, 0.2) is 60.7 Å². The molecule has 0 fully saturated rings. The lowest BCUT2D eigenvalue weighted by Gasteiger charge is -2.14. The summed E-state index contributed by atoms with van der Waals surface area (Å²) in [6, 6.07) is 10.8. The highest BCUT2D eigenvalue weighted by atomic mass is 16.6. The Morgan fingerprint density at radius 2 is 1.69 bits per heavy atom. The van der Waals surface area contributed by atoms with Gasteiger partial charge in [0, 0.05) is 30.0 Å². The molecule has 2 aromatic carbocycles. The fraction of sp³-hybridized carbons (Fsp3) is 0.0526. The number of benzene rings is 2. The van der Waals surface area contributed by atoms with Crippen LogP contribution in [0.4, 0.5) is 17.1 Å². The molecular formula is C19H13N3O7. The van der Waals surface area contributed by atoms with E-state index in [1.165, 1.54) is 48.5 Å². The quantitative estimate of drug-likeness (QED) is 0.341. The van der Waals surface area contributed by atoms with Gasteiger partial charge in [0.05, 0.1) is 16.2 Å². The first-order valence-corrected chi connectivity index (χ1v) is 8.23. The zero-order valence-corrected chi connectivity index (χ0v) is 14.7. The first-order valence-electron chi connectivity index (χ1n) is 8.23. The molecule has 0 radical (unpaired) electrons. The van der Waals surface area contributed by atoms with Gasteiger partial charge in [-0.05, 0) is 30.3 Å².